The van der Waals surface area contributed by atoms with E-state index >= 15 is 0 Å². The molecule has 0 heteroatoms. The first-order valence-corrected chi connectivity index (χ1v) is 11.3. The van der Waals surface area contributed by atoms with Gasteiger partial charge in [-0.25, -0.2) is 0 Å². The van der Waals surface area contributed by atoms with Crippen LogP contribution in [0, 0.1) is 27.7 Å². The van der Waals surface area contributed by atoms with Crippen molar-refractivity contribution < 1.29 is 0 Å². The SMILES string of the molecule is Cc1ccc2cc3cccc(C)c3cc2c1.Cc1ccc2cc3ccccc3cc2c1C. The van der Waals surface area contributed by atoms with Crippen LogP contribution in [0.4, 0.5) is 0 Å². The Balaban J connectivity index is 0.000000135. The van der Waals surface area contributed by atoms with Crippen LogP contribution in [-0.2, 0) is 0 Å². The Labute approximate surface area is 190 Å². The fraction of sp³-hybridized carbons (Fsp3) is 0.125. The normalized spacial score (nSPS) is 11.1. The molecule has 0 heterocycles. The molecule has 0 aliphatic heterocycles. The van der Waals surface area contributed by atoms with Crippen molar-refractivity contribution in [2.45, 2.75) is 27.7 Å². The highest BCUT2D eigenvalue weighted by molar-refractivity contribution is 6.00. The Hall–Kier alpha value is -3.64. The molecule has 6 aromatic rings. The number of rotatable bonds is 0. The van der Waals surface area contributed by atoms with Crippen molar-refractivity contribution >= 4 is 43.1 Å². The molecule has 0 aromatic heterocycles. The van der Waals surface area contributed by atoms with Crippen molar-refractivity contribution in [3.8, 4) is 0 Å². The van der Waals surface area contributed by atoms with E-state index in [2.05, 4.69) is 125 Å². The molecule has 0 unspecified atom stereocenters. The molecule has 0 amide bonds. The summed E-state index contributed by atoms with van der Waals surface area (Å²) in [7, 11) is 0. The van der Waals surface area contributed by atoms with Gasteiger partial charge in [-0.2, -0.15) is 0 Å². The maximum absolute atomic E-state index is 2.30. The van der Waals surface area contributed by atoms with E-state index < -0.39 is 0 Å². The Morgan fingerprint density at radius 1 is 0.375 bits per heavy atom. The zero-order valence-electron chi connectivity index (χ0n) is 19.2. The molecule has 0 saturated heterocycles. The molecule has 32 heavy (non-hydrogen) atoms. The van der Waals surface area contributed by atoms with Gasteiger partial charge in [-0.15, -0.1) is 0 Å². The summed E-state index contributed by atoms with van der Waals surface area (Å²) in [6, 6.07) is 35.2. The van der Waals surface area contributed by atoms with E-state index in [1.54, 1.807) is 0 Å². The first-order valence-electron chi connectivity index (χ1n) is 11.3. The monoisotopic (exact) mass is 412 g/mol. The summed E-state index contributed by atoms with van der Waals surface area (Å²) >= 11 is 0. The van der Waals surface area contributed by atoms with Crippen LogP contribution < -0.4 is 0 Å². The average molecular weight is 413 g/mol. The Kier molecular flexibility index (Phi) is 5.15. The van der Waals surface area contributed by atoms with E-state index in [9.17, 15) is 0 Å². The highest BCUT2D eigenvalue weighted by Crippen LogP contribution is 2.27. The van der Waals surface area contributed by atoms with Gasteiger partial charge >= 0.3 is 0 Å². The van der Waals surface area contributed by atoms with Crippen molar-refractivity contribution in [2.24, 2.45) is 0 Å². The van der Waals surface area contributed by atoms with Gasteiger partial charge in [0.05, 0.1) is 0 Å². The molecule has 6 rings (SSSR count). The van der Waals surface area contributed by atoms with Crippen molar-refractivity contribution in [2.75, 3.05) is 0 Å². The number of benzene rings is 6. The third kappa shape index (κ3) is 3.74. The van der Waals surface area contributed by atoms with Crippen LogP contribution in [0.3, 0.4) is 0 Å². The fourth-order valence-corrected chi connectivity index (χ4v) is 4.57. The first-order chi connectivity index (χ1) is 15.5. The van der Waals surface area contributed by atoms with Gasteiger partial charge in [-0.3, -0.25) is 0 Å². The van der Waals surface area contributed by atoms with Gasteiger partial charge in [0.25, 0.3) is 0 Å². The average Bonchev–Trinajstić information content (AvgIpc) is 2.80. The maximum Gasteiger partial charge on any atom is -0.0146 e. The van der Waals surface area contributed by atoms with E-state index in [1.807, 2.05) is 0 Å². The van der Waals surface area contributed by atoms with E-state index in [4.69, 9.17) is 0 Å². The molecule has 0 saturated carbocycles. The number of fused-ring (bicyclic) bond motifs is 4. The highest BCUT2D eigenvalue weighted by atomic mass is 14.1. The molecular weight excluding hydrogens is 384 g/mol. The third-order valence-corrected chi connectivity index (χ3v) is 6.64. The van der Waals surface area contributed by atoms with Gasteiger partial charge in [0.2, 0.25) is 0 Å². The highest BCUT2D eigenvalue weighted by Gasteiger charge is 2.02. The molecule has 156 valence electrons. The van der Waals surface area contributed by atoms with Gasteiger partial charge in [0, 0.05) is 0 Å². The molecule has 0 radical (unpaired) electrons. The zero-order valence-corrected chi connectivity index (χ0v) is 19.2. The van der Waals surface area contributed by atoms with Crippen LogP contribution in [0.25, 0.3) is 43.1 Å². The second kappa shape index (κ2) is 8.13. The fourth-order valence-electron chi connectivity index (χ4n) is 4.57. The minimum Gasteiger partial charge on any atom is -0.0616 e. The van der Waals surface area contributed by atoms with Gasteiger partial charge in [0.1, 0.15) is 0 Å². The third-order valence-electron chi connectivity index (χ3n) is 6.64. The van der Waals surface area contributed by atoms with E-state index in [1.165, 1.54) is 65.3 Å². The molecule has 0 atom stereocenters. The summed E-state index contributed by atoms with van der Waals surface area (Å²) in [5.41, 5.74) is 5.42. The van der Waals surface area contributed by atoms with Crippen molar-refractivity contribution in [3.63, 3.8) is 0 Å². The van der Waals surface area contributed by atoms with Crippen molar-refractivity contribution in [1.82, 2.24) is 0 Å². The number of hydrogen-bond acceptors (Lipinski definition) is 0. The lowest BCUT2D eigenvalue weighted by molar-refractivity contribution is 1.38. The molecule has 0 aliphatic carbocycles. The van der Waals surface area contributed by atoms with Gasteiger partial charge in [-0.1, -0.05) is 78.4 Å². The molecule has 0 aliphatic rings. The lowest BCUT2D eigenvalue weighted by Crippen LogP contribution is -1.84. The van der Waals surface area contributed by atoms with Crippen LogP contribution in [0.15, 0.2) is 97.1 Å². The maximum atomic E-state index is 2.30. The quantitative estimate of drug-likeness (QED) is 0.218. The van der Waals surface area contributed by atoms with Crippen molar-refractivity contribution in [1.29, 1.82) is 0 Å². The standard InChI is InChI=1S/2C16H14/c1-11-6-7-13-9-14-5-3-4-12(2)16(14)10-15(13)8-11;1-11-7-8-15-9-13-5-3-4-6-14(13)10-16(15)12(11)2/h2*3-10H,1-2H3. The smallest absolute Gasteiger partial charge is 0.0146 e. The minimum absolute atomic E-state index is 1.32. The van der Waals surface area contributed by atoms with Gasteiger partial charge in [-0.05, 0) is 112 Å². The minimum atomic E-state index is 1.32. The molecule has 6 aromatic carbocycles. The van der Waals surface area contributed by atoms with Crippen LogP contribution in [0.2, 0.25) is 0 Å². The van der Waals surface area contributed by atoms with Crippen molar-refractivity contribution in [3.05, 3.63) is 119 Å². The summed E-state index contributed by atoms with van der Waals surface area (Å²) in [5, 5.41) is 10.7. The lowest BCUT2D eigenvalue weighted by atomic mass is 9.97. The summed E-state index contributed by atoms with van der Waals surface area (Å²) in [6.07, 6.45) is 0. The predicted molar refractivity (Wildman–Crippen MR) is 142 cm³/mol. The van der Waals surface area contributed by atoms with Crippen LogP contribution >= 0.6 is 0 Å². The predicted octanol–water partition coefficient (Wildman–Crippen LogP) is 9.22. The Morgan fingerprint density at radius 3 is 1.75 bits per heavy atom. The Bertz CT molecular complexity index is 1600. The number of aryl methyl sites for hydroxylation is 4. The molecular formula is C32H28. The van der Waals surface area contributed by atoms with E-state index in [-0.39, 0.29) is 0 Å². The summed E-state index contributed by atoms with van der Waals surface area (Å²) in [4.78, 5) is 0. The Morgan fingerprint density at radius 2 is 0.969 bits per heavy atom. The lowest BCUT2D eigenvalue weighted by Gasteiger charge is -2.07. The topological polar surface area (TPSA) is 0 Å². The zero-order chi connectivity index (χ0) is 22.2. The summed E-state index contributed by atoms with van der Waals surface area (Å²) in [6.45, 7) is 8.68. The van der Waals surface area contributed by atoms with E-state index in [0.29, 0.717) is 0 Å². The molecule has 0 nitrogen and oxygen atoms in total. The van der Waals surface area contributed by atoms with Gasteiger partial charge in [0.15, 0.2) is 0 Å². The van der Waals surface area contributed by atoms with Crippen LogP contribution in [0.5, 0.6) is 0 Å². The molecule has 0 N–H and O–H groups in total. The number of hydrogen-bond donors (Lipinski definition) is 0. The molecule has 0 bridgehead atoms. The molecule has 0 spiro atoms. The van der Waals surface area contributed by atoms with E-state index in [0.717, 1.165) is 0 Å². The van der Waals surface area contributed by atoms with Gasteiger partial charge < -0.3 is 0 Å². The van der Waals surface area contributed by atoms with Crippen LogP contribution in [0.1, 0.15) is 22.3 Å². The second-order valence-electron chi connectivity index (χ2n) is 8.93. The summed E-state index contributed by atoms with van der Waals surface area (Å²) < 4.78 is 0. The van der Waals surface area contributed by atoms with Crippen LogP contribution in [-0.4, -0.2) is 0 Å². The summed E-state index contributed by atoms with van der Waals surface area (Å²) in [5.74, 6) is 0. The molecule has 0 fully saturated rings. The first kappa shape index (κ1) is 20.3. The second-order valence-corrected chi connectivity index (χ2v) is 8.93. The largest absolute Gasteiger partial charge is 0.0616 e.